The Morgan fingerprint density at radius 2 is 1.50 bits per heavy atom. The molecule has 38 heavy (non-hydrogen) atoms. The molecule has 5 rings (SSSR count). The lowest BCUT2D eigenvalue weighted by atomic mass is 9.93. The molecule has 6 nitrogen and oxygen atoms in total. The number of benzene rings is 4. The SMILES string of the molecule is COc1ccc(C)cc1/C(O)=C1\C(=O)C(=O)N(c2ccc(Nc3ccccc3)cc2)C1c1cccc(C)c1. The van der Waals surface area contributed by atoms with Gasteiger partial charge >= 0.3 is 0 Å². The summed E-state index contributed by atoms with van der Waals surface area (Å²) in [6.07, 6.45) is 0. The molecule has 0 saturated carbocycles. The Hall–Kier alpha value is -4.84. The number of amides is 1. The predicted molar refractivity (Wildman–Crippen MR) is 150 cm³/mol. The topological polar surface area (TPSA) is 78.9 Å². The third kappa shape index (κ3) is 4.64. The number of nitrogens with zero attached hydrogens (tertiary/aromatic N) is 1. The molecule has 0 bridgehead atoms. The molecule has 0 radical (unpaired) electrons. The summed E-state index contributed by atoms with van der Waals surface area (Å²) >= 11 is 0. The fourth-order valence-corrected chi connectivity index (χ4v) is 4.80. The zero-order valence-electron chi connectivity index (χ0n) is 21.4. The number of rotatable bonds is 6. The van der Waals surface area contributed by atoms with Crippen molar-refractivity contribution in [2.75, 3.05) is 17.3 Å². The number of carbonyl (C=O) groups excluding carboxylic acids is 2. The highest BCUT2D eigenvalue weighted by molar-refractivity contribution is 6.51. The summed E-state index contributed by atoms with van der Waals surface area (Å²) in [7, 11) is 1.50. The maximum absolute atomic E-state index is 13.5. The van der Waals surface area contributed by atoms with Crippen LogP contribution in [-0.2, 0) is 9.59 Å². The molecule has 6 heteroatoms. The van der Waals surface area contributed by atoms with Gasteiger partial charge in [-0.2, -0.15) is 0 Å². The van der Waals surface area contributed by atoms with Crippen molar-refractivity contribution in [2.45, 2.75) is 19.9 Å². The van der Waals surface area contributed by atoms with Gasteiger partial charge in [-0.05, 0) is 67.9 Å². The Morgan fingerprint density at radius 1 is 0.816 bits per heavy atom. The molecule has 1 unspecified atom stereocenters. The van der Waals surface area contributed by atoms with E-state index in [0.717, 1.165) is 28.1 Å². The van der Waals surface area contributed by atoms with E-state index in [2.05, 4.69) is 5.32 Å². The van der Waals surface area contributed by atoms with Crippen LogP contribution in [0.2, 0.25) is 0 Å². The molecule has 1 saturated heterocycles. The number of hydrogen-bond acceptors (Lipinski definition) is 5. The Morgan fingerprint density at radius 3 is 2.18 bits per heavy atom. The number of aryl methyl sites for hydroxylation is 2. The molecule has 1 atom stereocenters. The smallest absolute Gasteiger partial charge is 0.300 e. The number of aliphatic hydroxyl groups is 1. The summed E-state index contributed by atoms with van der Waals surface area (Å²) < 4.78 is 5.47. The lowest BCUT2D eigenvalue weighted by Crippen LogP contribution is -2.29. The standard InChI is InChI=1S/C32H28N2O4/c1-20-8-7-9-22(18-20)29-28(30(35)26-19-21(2)12-17-27(26)38-3)31(36)32(37)34(29)25-15-13-24(14-16-25)33-23-10-5-4-6-11-23/h4-19,29,33,35H,1-3H3/b30-28+. The lowest BCUT2D eigenvalue weighted by molar-refractivity contribution is -0.132. The second-order valence-electron chi connectivity index (χ2n) is 9.32. The molecule has 2 N–H and O–H groups in total. The van der Waals surface area contributed by atoms with E-state index >= 15 is 0 Å². The number of ether oxygens (including phenoxy) is 1. The first kappa shape index (κ1) is 24.8. The molecule has 1 aliphatic rings. The minimum Gasteiger partial charge on any atom is -0.507 e. The van der Waals surface area contributed by atoms with Gasteiger partial charge in [0.2, 0.25) is 0 Å². The molecule has 0 aromatic heterocycles. The van der Waals surface area contributed by atoms with Gasteiger partial charge in [-0.1, -0.05) is 59.7 Å². The van der Waals surface area contributed by atoms with E-state index in [4.69, 9.17) is 4.74 Å². The number of methoxy groups -OCH3 is 1. The van der Waals surface area contributed by atoms with Crippen LogP contribution in [0.25, 0.3) is 5.76 Å². The lowest BCUT2D eigenvalue weighted by Gasteiger charge is -2.26. The fraction of sp³-hybridized carbons (Fsp3) is 0.125. The first-order chi connectivity index (χ1) is 18.4. The van der Waals surface area contributed by atoms with Crippen molar-refractivity contribution in [3.63, 3.8) is 0 Å². The maximum atomic E-state index is 13.5. The fourth-order valence-electron chi connectivity index (χ4n) is 4.80. The molecule has 4 aromatic carbocycles. The van der Waals surface area contributed by atoms with Crippen LogP contribution in [0.3, 0.4) is 0 Å². The number of carbonyl (C=O) groups is 2. The normalized spacial score (nSPS) is 16.5. The van der Waals surface area contributed by atoms with E-state index in [9.17, 15) is 14.7 Å². The van der Waals surface area contributed by atoms with Gasteiger partial charge in [0.25, 0.3) is 11.7 Å². The zero-order chi connectivity index (χ0) is 26.8. The molecule has 1 aliphatic heterocycles. The summed E-state index contributed by atoms with van der Waals surface area (Å²) in [5, 5.41) is 14.8. The molecule has 4 aromatic rings. The van der Waals surface area contributed by atoms with E-state index < -0.39 is 17.7 Å². The van der Waals surface area contributed by atoms with Crippen molar-refractivity contribution < 1.29 is 19.4 Å². The molecular weight excluding hydrogens is 476 g/mol. The van der Waals surface area contributed by atoms with Gasteiger partial charge in [0.15, 0.2) is 0 Å². The van der Waals surface area contributed by atoms with Gasteiger partial charge in [-0.3, -0.25) is 14.5 Å². The summed E-state index contributed by atoms with van der Waals surface area (Å²) in [5.74, 6) is -1.30. The second-order valence-corrected chi connectivity index (χ2v) is 9.32. The number of anilines is 3. The van der Waals surface area contributed by atoms with Gasteiger partial charge in [0.1, 0.15) is 11.5 Å². The van der Waals surface area contributed by atoms with E-state index in [1.807, 2.05) is 86.6 Å². The van der Waals surface area contributed by atoms with Crippen molar-refractivity contribution in [1.29, 1.82) is 0 Å². The van der Waals surface area contributed by atoms with Gasteiger partial charge in [-0.25, -0.2) is 0 Å². The number of Topliss-reactive ketones (excluding diaryl/α,β-unsaturated/α-hetero) is 1. The van der Waals surface area contributed by atoms with Crippen LogP contribution in [0.4, 0.5) is 17.1 Å². The molecule has 1 fully saturated rings. The van der Waals surface area contributed by atoms with Crippen molar-refractivity contribution >= 4 is 34.5 Å². The number of para-hydroxylation sites is 1. The number of ketones is 1. The van der Waals surface area contributed by atoms with Gasteiger partial charge in [-0.15, -0.1) is 0 Å². The van der Waals surface area contributed by atoms with Crippen LogP contribution in [0, 0.1) is 13.8 Å². The van der Waals surface area contributed by atoms with Crippen LogP contribution in [0.1, 0.15) is 28.3 Å². The quantitative estimate of drug-likeness (QED) is 0.174. The zero-order valence-corrected chi connectivity index (χ0v) is 21.4. The molecule has 0 aliphatic carbocycles. The minimum absolute atomic E-state index is 0.0241. The highest BCUT2D eigenvalue weighted by Crippen LogP contribution is 2.43. The number of hydrogen-bond donors (Lipinski definition) is 2. The second kappa shape index (κ2) is 10.3. The van der Waals surface area contributed by atoms with E-state index in [1.165, 1.54) is 12.0 Å². The summed E-state index contributed by atoms with van der Waals surface area (Å²) in [6, 6.07) is 29.2. The van der Waals surface area contributed by atoms with E-state index in [1.54, 1.807) is 24.3 Å². The van der Waals surface area contributed by atoms with Crippen molar-refractivity contribution in [1.82, 2.24) is 0 Å². The number of nitrogens with one attached hydrogen (secondary N) is 1. The molecule has 0 spiro atoms. The van der Waals surface area contributed by atoms with Crippen LogP contribution >= 0.6 is 0 Å². The monoisotopic (exact) mass is 504 g/mol. The summed E-state index contributed by atoms with van der Waals surface area (Å²) in [6.45, 7) is 3.83. The number of aliphatic hydroxyl groups excluding tert-OH is 1. The Balaban J connectivity index is 1.63. The molecular formula is C32H28N2O4. The third-order valence-corrected chi connectivity index (χ3v) is 6.62. The summed E-state index contributed by atoms with van der Waals surface area (Å²) in [5.41, 5.74) is 5.30. The first-order valence-corrected chi connectivity index (χ1v) is 12.3. The molecule has 1 amide bonds. The van der Waals surface area contributed by atoms with Crippen LogP contribution in [0.5, 0.6) is 5.75 Å². The van der Waals surface area contributed by atoms with Crippen molar-refractivity contribution in [2.24, 2.45) is 0 Å². The predicted octanol–water partition coefficient (Wildman–Crippen LogP) is 6.68. The van der Waals surface area contributed by atoms with Gasteiger partial charge < -0.3 is 15.2 Å². The van der Waals surface area contributed by atoms with Crippen LogP contribution in [-0.4, -0.2) is 23.9 Å². The Labute approximate surface area is 221 Å². The maximum Gasteiger partial charge on any atom is 0.300 e. The highest BCUT2D eigenvalue weighted by Gasteiger charge is 2.47. The van der Waals surface area contributed by atoms with Crippen LogP contribution in [0.15, 0.2) is 103 Å². The van der Waals surface area contributed by atoms with Crippen molar-refractivity contribution in [3.05, 3.63) is 125 Å². The van der Waals surface area contributed by atoms with Crippen LogP contribution < -0.4 is 15.0 Å². The van der Waals surface area contributed by atoms with E-state index in [-0.39, 0.29) is 11.3 Å². The minimum atomic E-state index is -0.812. The first-order valence-electron chi connectivity index (χ1n) is 12.3. The highest BCUT2D eigenvalue weighted by atomic mass is 16.5. The van der Waals surface area contributed by atoms with Gasteiger partial charge in [0, 0.05) is 17.1 Å². The van der Waals surface area contributed by atoms with Crippen molar-refractivity contribution in [3.8, 4) is 5.75 Å². The average Bonchev–Trinajstić information content (AvgIpc) is 3.19. The Kier molecular flexibility index (Phi) is 6.71. The molecule has 1 heterocycles. The van der Waals surface area contributed by atoms with E-state index in [0.29, 0.717) is 17.0 Å². The average molecular weight is 505 g/mol. The third-order valence-electron chi connectivity index (χ3n) is 6.62. The molecule has 190 valence electrons. The Bertz CT molecular complexity index is 1540. The summed E-state index contributed by atoms with van der Waals surface area (Å²) in [4.78, 5) is 28.5. The van der Waals surface area contributed by atoms with Gasteiger partial charge in [0.05, 0.1) is 24.3 Å². The largest absolute Gasteiger partial charge is 0.507 e.